The van der Waals surface area contributed by atoms with Crippen LogP contribution in [0.5, 0.6) is 23.0 Å². The van der Waals surface area contributed by atoms with Gasteiger partial charge in [-0.2, -0.15) is 5.26 Å². The molecule has 23 nitrogen and oxygen atoms in total. The zero-order valence-corrected chi connectivity index (χ0v) is 53.0. The van der Waals surface area contributed by atoms with Crippen molar-refractivity contribution in [2.45, 2.75) is 118 Å². The number of piperidine rings is 1. The van der Waals surface area contributed by atoms with Crippen molar-refractivity contribution in [1.82, 2.24) is 45.3 Å². The Kier molecular flexibility index (Phi) is 23.4. The lowest BCUT2D eigenvalue weighted by Gasteiger charge is -2.35. The number of carbonyl (C=O) groups excluding carboxylic acids is 4. The molecule has 4 amide bonds. The first-order valence-electron chi connectivity index (χ1n) is 31.0. The van der Waals surface area contributed by atoms with E-state index in [2.05, 4.69) is 56.1 Å². The molecule has 1 saturated carbocycles. The summed E-state index contributed by atoms with van der Waals surface area (Å²) in [5.41, 5.74) is 5.98. The number of thiazole rings is 1. The van der Waals surface area contributed by atoms with Crippen LogP contribution in [0.25, 0.3) is 21.6 Å². The van der Waals surface area contributed by atoms with Crippen LogP contribution in [0.2, 0.25) is 0 Å². The highest BCUT2D eigenvalue weighted by Gasteiger charge is 2.53. The molecule has 9 rings (SSSR count). The third kappa shape index (κ3) is 18.2. The number of nitrogens with one attached hydrogen (secondary N) is 2. The molecule has 5 aromatic rings. The van der Waals surface area contributed by atoms with E-state index in [4.69, 9.17) is 37.9 Å². The van der Waals surface area contributed by atoms with Crippen LogP contribution in [0, 0.1) is 35.0 Å². The van der Waals surface area contributed by atoms with E-state index in [0.717, 1.165) is 64.5 Å². The number of aliphatic hydroxyl groups is 1. The monoisotopic (exact) mass is 1250 g/mol. The minimum Gasteiger partial charge on any atom is -0.491 e. The average Bonchev–Trinajstić information content (AvgIpc) is 2.37. The van der Waals surface area contributed by atoms with Crippen molar-refractivity contribution in [2.75, 3.05) is 106 Å². The topological polar surface area (TPSA) is 264 Å². The van der Waals surface area contributed by atoms with Crippen molar-refractivity contribution in [2.24, 2.45) is 16.7 Å². The van der Waals surface area contributed by atoms with Crippen LogP contribution in [0.3, 0.4) is 0 Å². The Morgan fingerprint density at radius 2 is 1.58 bits per heavy atom. The van der Waals surface area contributed by atoms with Crippen molar-refractivity contribution in [3.63, 3.8) is 0 Å². The lowest BCUT2D eigenvalue weighted by atomic mass is 9.85. The predicted octanol–water partition coefficient (Wildman–Crippen LogP) is 6.37. The number of ether oxygens (including phenoxy) is 8. The lowest BCUT2D eigenvalue weighted by Crippen LogP contribution is -2.58. The van der Waals surface area contributed by atoms with Gasteiger partial charge >= 0.3 is 0 Å². The number of hydrogen-bond acceptors (Lipinski definition) is 19. The first-order valence-corrected chi connectivity index (χ1v) is 31.9. The van der Waals surface area contributed by atoms with Gasteiger partial charge in [-0.05, 0) is 98.6 Å². The van der Waals surface area contributed by atoms with E-state index in [1.807, 2.05) is 88.2 Å². The third-order valence-electron chi connectivity index (χ3n) is 16.4. The Morgan fingerprint density at radius 1 is 0.876 bits per heavy atom. The minimum absolute atomic E-state index is 0.0337. The maximum atomic E-state index is 14.1. The molecule has 3 fully saturated rings. The van der Waals surface area contributed by atoms with E-state index < -0.39 is 46.7 Å². The largest absolute Gasteiger partial charge is 0.491 e. The van der Waals surface area contributed by atoms with Crippen molar-refractivity contribution in [3.05, 3.63) is 88.8 Å². The summed E-state index contributed by atoms with van der Waals surface area (Å²) in [6.45, 7) is 17.4. The van der Waals surface area contributed by atoms with Gasteiger partial charge in [0.05, 0.1) is 107 Å². The summed E-state index contributed by atoms with van der Waals surface area (Å²) >= 11 is 1.51. The molecule has 3 aromatic carbocycles. The fraction of sp³-hybridized carbons (Fsp3) is 0.569. The molecule has 24 heteroatoms. The molecule has 5 heterocycles. The number of aliphatic hydroxyl groups excluding tert-OH is 1. The van der Waals surface area contributed by atoms with Gasteiger partial charge in [0, 0.05) is 56.1 Å². The molecule has 0 unspecified atom stereocenters. The van der Waals surface area contributed by atoms with Crippen molar-refractivity contribution in [3.8, 4) is 50.6 Å². The Labute approximate surface area is 525 Å². The van der Waals surface area contributed by atoms with Crippen molar-refractivity contribution < 1.29 is 62.2 Å². The van der Waals surface area contributed by atoms with Crippen LogP contribution >= 0.6 is 11.3 Å². The molecule has 4 atom stereocenters. The van der Waals surface area contributed by atoms with E-state index in [-0.39, 0.29) is 45.2 Å². The molecule has 3 aliphatic heterocycles. The Balaban J connectivity index is 0.642. The molecule has 2 aromatic heterocycles. The normalized spacial score (nSPS) is 18.5. The van der Waals surface area contributed by atoms with Crippen LogP contribution in [0.15, 0.2) is 66.3 Å². The fourth-order valence-electron chi connectivity index (χ4n) is 11.1. The number of likely N-dealkylation sites (tertiary alicyclic amines) is 2. The molecule has 0 spiro atoms. The third-order valence-corrected chi connectivity index (χ3v) is 17.3. The highest BCUT2D eigenvalue weighted by Crippen LogP contribution is 2.46. The number of carbonyl (C=O) groups is 4. The van der Waals surface area contributed by atoms with E-state index in [9.17, 15) is 29.5 Å². The summed E-state index contributed by atoms with van der Waals surface area (Å²) in [6.07, 6.45) is 4.52. The highest BCUT2D eigenvalue weighted by atomic mass is 32.1. The second-order valence-electron chi connectivity index (χ2n) is 24.3. The first kappa shape index (κ1) is 66.2. The zero-order valence-electron chi connectivity index (χ0n) is 52.2. The molecule has 3 N–H and O–H groups in total. The molecule has 480 valence electrons. The van der Waals surface area contributed by atoms with Gasteiger partial charge in [0.25, 0.3) is 0 Å². The zero-order chi connectivity index (χ0) is 62.9. The van der Waals surface area contributed by atoms with Gasteiger partial charge in [0.15, 0.2) is 11.5 Å². The van der Waals surface area contributed by atoms with E-state index >= 15 is 0 Å². The smallest absolute Gasteiger partial charge is 0.246 e. The molecule has 0 bridgehead atoms. The number of aromatic nitrogens is 4. The maximum absolute atomic E-state index is 14.1. The van der Waals surface area contributed by atoms with Gasteiger partial charge in [-0.1, -0.05) is 57.2 Å². The van der Waals surface area contributed by atoms with E-state index in [1.54, 1.807) is 10.2 Å². The molecule has 2 saturated heterocycles. The number of nitrogens with zero attached hydrogens (tertiary/aromatic N) is 8. The van der Waals surface area contributed by atoms with Crippen molar-refractivity contribution in [1.29, 1.82) is 5.26 Å². The summed E-state index contributed by atoms with van der Waals surface area (Å²) in [5.74, 6) is 1.76. The summed E-state index contributed by atoms with van der Waals surface area (Å²) in [6, 6.07) is 17.9. The Hall–Kier alpha value is -7.24. The summed E-state index contributed by atoms with van der Waals surface area (Å²) in [5, 5.41) is 34.6. The number of benzene rings is 3. The number of β-amino-alcohol motifs (C(OH)–C–C–N with tert-alkyl or cyclic N) is 1. The van der Waals surface area contributed by atoms with Gasteiger partial charge in [-0.25, -0.2) is 9.67 Å². The molecule has 89 heavy (non-hydrogen) atoms. The number of rotatable bonds is 31. The summed E-state index contributed by atoms with van der Waals surface area (Å²) in [7, 11) is 2.16. The fourth-order valence-corrected chi connectivity index (χ4v) is 11.9. The molecular formula is C65H86N10O13S. The van der Waals surface area contributed by atoms with Crippen LogP contribution in [0.4, 0.5) is 0 Å². The Morgan fingerprint density at radius 3 is 2.26 bits per heavy atom. The molecule has 0 radical (unpaired) electrons. The van der Waals surface area contributed by atoms with E-state index in [1.165, 1.54) is 16.2 Å². The average molecular weight is 1250 g/mol. The number of amides is 4. The molecule has 1 aliphatic carbocycles. The first-order chi connectivity index (χ1) is 43.0. The van der Waals surface area contributed by atoms with E-state index in [0.29, 0.717) is 133 Å². The quantitative estimate of drug-likeness (QED) is 0.0407. The summed E-state index contributed by atoms with van der Waals surface area (Å²) < 4.78 is 49.8. The number of aryl methyl sites for hydroxylation is 1. The van der Waals surface area contributed by atoms with Crippen LogP contribution in [-0.2, 0) is 64.4 Å². The maximum Gasteiger partial charge on any atom is 0.246 e. The second kappa shape index (κ2) is 31.5. The SMILES string of the molecule is CCC(=O)N1CCOc2c(cc(-c3ccc(OCc4cn(CCOCCOCCOCCOCCOc5cc(-c6scnc6C)ccc5CNC(=O)[C@@H]5C[C@@H](O)CN5C(=O)[C@@H](NC(=O)C5(C#N)CC5)C(C)(C)C)nn4)cc3)cc2OC[C@H]2CCCN(C)C2)C1. The van der Waals surface area contributed by atoms with Gasteiger partial charge in [0.2, 0.25) is 23.6 Å². The van der Waals surface area contributed by atoms with Crippen LogP contribution in [-0.4, -0.2) is 188 Å². The van der Waals surface area contributed by atoms with Gasteiger partial charge in [-0.3, -0.25) is 19.2 Å². The van der Waals surface area contributed by atoms with Gasteiger partial charge < -0.3 is 68.3 Å². The second-order valence-corrected chi connectivity index (χ2v) is 25.2. The Bertz CT molecular complexity index is 3210. The minimum atomic E-state index is -1.13. The number of hydrogen-bond donors (Lipinski definition) is 3. The highest BCUT2D eigenvalue weighted by molar-refractivity contribution is 7.13. The molecule has 4 aliphatic rings. The summed E-state index contributed by atoms with van der Waals surface area (Å²) in [4.78, 5) is 64.7. The lowest BCUT2D eigenvalue weighted by molar-refractivity contribution is -0.144. The number of nitriles is 1. The van der Waals surface area contributed by atoms with Crippen LogP contribution in [0.1, 0.15) is 88.7 Å². The van der Waals surface area contributed by atoms with Crippen molar-refractivity contribution >= 4 is 35.0 Å². The molecular weight excluding hydrogens is 1160 g/mol. The van der Waals surface area contributed by atoms with Gasteiger partial charge in [0.1, 0.15) is 54.5 Å². The number of fused-ring (bicyclic) bond motifs is 1. The predicted molar refractivity (Wildman–Crippen MR) is 331 cm³/mol. The van der Waals surface area contributed by atoms with Crippen LogP contribution < -0.4 is 29.6 Å². The standard InChI is InChI=1S/C65H86N10O13S/c1-7-57(77)73-19-22-86-58-50(37-73)31-49(33-56(58)88-40-45-9-8-18-72(6)36-45)46-12-14-53(15-13-46)87-41-51-38-74(71-70-51)20-21-81-23-24-82-25-26-83-27-28-84-29-30-85-55-32-47(59-44(2)68-43-89-59)10-11-48(55)35-67-61(78)54-34-52(76)39-75(54)62(79)60(64(3,4)5)69-63(80)65(42-66)16-17-65/h10-15,31-33,38,43,45,52,54,60,76H,7-9,16-30,34-37,39-41H2,1-6H3,(H,67,78)(H,69,80)/t45-,52+,54-,60+/m0/s1. The van der Waals surface area contributed by atoms with Gasteiger partial charge in [-0.15, -0.1) is 16.4 Å².